The monoisotopic (exact) mass is 318 g/mol. The number of aromatic nitrogens is 1. The molecule has 0 saturated heterocycles. The van der Waals surface area contributed by atoms with E-state index in [1.807, 2.05) is 36.4 Å². The molecule has 0 saturated carbocycles. The summed E-state index contributed by atoms with van der Waals surface area (Å²) in [5.74, 6) is -1.95. The Hall–Kier alpha value is -3.52. The van der Waals surface area contributed by atoms with Crippen molar-refractivity contribution in [2.45, 2.75) is 0 Å². The van der Waals surface area contributed by atoms with E-state index in [1.165, 1.54) is 12.1 Å². The standard InChI is InChI=1S/C19H11FN2O2/c20-16-10-13(19(23)24)6-8-15(16)18-14(11-21)7-9-17(22-18)12-4-2-1-3-5-12/h1-10H,(H,23,24). The van der Waals surface area contributed by atoms with Crippen LogP contribution in [0.2, 0.25) is 0 Å². The number of hydrogen-bond acceptors (Lipinski definition) is 3. The molecule has 4 nitrogen and oxygen atoms in total. The number of nitrogens with zero attached hydrogens (tertiary/aromatic N) is 2. The fourth-order valence-electron chi connectivity index (χ4n) is 2.36. The first-order chi connectivity index (χ1) is 11.6. The molecule has 2 aromatic carbocycles. The van der Waals surface area contributed by atoms with Crippen molar-refractivity contribution >= 4 is 5.97 Å². The number of nitriles is 1. The maximum Gasteiger partial charge on any atom is 0.335 e. The number of carboxylic acid groups (broad SMARTS) is 1. The van der Waals surface area contributed by atoms with Gasteiger partial charge in [0.05, 0.1) is 22.5 Å². The number of carbonyl (C=O) groups is 1. The van der Waals surface area contributed by atoms with Gasteiger partial charge in [-0.3, -0.25) is 0 Å². The van der Waals surface area contributed by atoms with Crippen LogP contribution in [0.15, 0.2) is 60.7 Å². The predicted molar refractivity (Wildman–Crippen MR) is 86.7 cm³/mol. The molecule has 3 rings (SSSR count). The van der Waals surface area contributed by atoms with Crippen molar-refractivity contribution in [2.75, 3.05) is 0 Å². The number of halogens is 1. The highest BCUT2D eigenvalue weighted by Gasteiger charge is 2.15. The van der Waals surface area contributed by atoms with Gasteiger partial charge in [0.2, 0.25) is 0 Å². The molecule has 0 unspecified atom stereocenters. The van der Waals surface area contributed by atoms with Crippen LogP contribution in [0.5, 0.6) is 0 Å². The zero-order valence-electron chi connectivity index (χ0n) is 12.4. The minimum atomic E-state index is -1.22. The Morgan fingerprint density at radius 3 is 2.46 bits per heavy atom. The van der Waals surface area contributed by atoms with E-state index in [0.717, 1.165) is 11.6 Å². The van der Waals surface area contributed by atoms with Gasteiger partial charge in [0, 0.05) is 11.1 Å². The highest BCUT2D eigenvalue weighted by molar-refractivity contribution is 5.88. The lowest BCUT2D eigenvalue weighted by Crippen LogP contribution is -2.00. The van der Waals surface area contributed by atoms with Crippen molar-refractivity contribution < 1.29 is 14.3 Å². The van der Waals surface area contributed by atoms with Gasteiger partial charge in [0.25, 0.3) is 0 Å². The molecule has 0 spiro atoms. The maximum atomic E-state index is 14.3. The molecule has 1 aromatic heterocycles. The second-order valence-corrected chi connectivity index (χ2v) is 5.07. The van der Waals surface area contributed by atoms with Crippen LogP contribution >= 0.6 is 0 Å². The van der Waals surface area contributed by atoms with E-state index in [4.69, 9.17) is 5.11 Å². The molecule has 1 N–H and O–H groups in total. The average molecular weight is 318 g/mol. The van der Waals surface area contributed by atoms with Gasteiger partial charge in [0.1, 0.15) is 11.9 Å². The summed E-state index contributed by atoms with van der Waals surface area (Å²) >= 11 is 0. The largest absolute Gasteiger partial charge is 0.478 e. The molecular formula is C19H11FN2O2. The summed E-state index contributed by atoms with van der Waals surface area (Å²) in [4.78, 5) is 15.3. The summed E-state index contributed by atoms with van der Waals surface area (Å²) < 4.78 is 14.3. The van der Waals surface area contributed by atoms with Gasteiger partial charge in [0.15, 0.2) is 0 Å². The Bertz CT molecular complexity index is 963. The fourth-order valence-corrected chi connectivity index (χ4v) is 2.36. The normalized spacial score (nSPS) is 10.2. The highest BCUT2D eigenvalue weighted by Crippen LogP contribution is 2.28. The number of aromatic carboxylic acids is 1. The van der Waals surface area contributed by atoms with E-state index in [-0.39, 0.29) is 22.4 Å². The second-order valence-electron chi connectivity index (χ2n) is 5.07. The quantitative estimate of drug-likeness (QED) is 0.788. The smallest absolute Gasteiger partial charge is 0.335 e. The molecule has 0 fully saturated rings. The predicted octanol–water partition coefficient (Wildman–Crippen LogP) is 4.12. The van der Waals surface area contributed by atoms with Gasteiger partial charge < -0.3 is 5.11 Å². The minimum Gasteiger partial charge on any atom is -0.478 e. The van der Waals surface area contributed by atoms with Crippen molar-refractivity contribution in [1.82, 2.24) is 4.98 Å². The van der Waals surface area contributed by atoms with E-state index in [0.29, 0.717) is 5.69 Å². The number of carboxylic acids is 1. The summed E-state index contributed by atoms with van der Waals surface area (Å²) in [7, 11) is 0. The van der Waals surface area contributed by atoms with Gasteiger partial charge in [-0.25, -0.2) is 14.2 Å². The Morgan fingerprint density at radius 1 is 1.08 bits per heavy atom. The number of hydrogen-bond donors (Lipinski definition) is 1. The van der Waals surface area contributed by atoms with Crippen molar-refractivity contribution in [3.63, 3.8) is 0 Å². The van der Waals surface area contributed by atoms with E-state index in [1.54, 1.807) is 12.1 Å². The molecule has 0 bridgehead atoms. The van der Waals surface area contributed by atoms with Crippen molar-refractivity contribution in [2.24, 2.45) is 0 Å². The van der Waals surface area contributed by atoms with Crippen molar-refractivity contribution in [1.29, 1.82) is 5.26 Å². The molecule has 116 valence electrons. The molecule has 1 heterocycles. The summed E-state index contributed by atoms with van der Waals surface area (Å²) in [5, 5.41) is 18.2. The molecule has 3 aromatic rings. The van der Waals surface area contributed by atoms with Crippen LogP contribution in [0.3, 0.4) is 0 Å². The second kappa shape index (κ2) is 6.31. The molecule has 5 heteroatoms. The van der Waals surface area contributed by atoms with Crippen LogP contribution in [0.4, 0.5) is 4.39 Å². The molecule has 24 heavy (non-hydrogen) atoms. The molecule has 0 amide bonds. The molecule has 0 radical (unpaired) electrons. The van der Waals surface area contributed by atoms with Gasteiger partial charge >= 0.3 is 5.97 Å². The molecular weight excluding hydrogens is 307 g/mol. The fraction of sp³-hybridized carbons (Fsp3) is 0. The van der Waals surface area contributed by atoms with Crippen molar-refractivity contribution in [3.8, 4) is 28.6 Å². The van der Waals surface area contributed by atoms with E-state index in [2.05, 4.69) is 4.98 Å². The molecule has 0 aliphatic heterocycles. The third-order valence-corrected chi connectivity index (χ3v) is 3.56. The summed E-state index contributed by atoms with van der Waals surface area (Å²) in [6.45, 7) is 0. The Labute approximate surface area is 137 Å². The number of benzene rings is 2. The number of rotatable bonds is 3. The van der Waals surface area contributed by atoms with Crippen LogP contribution in [0.25, 0.3) is 22.5 Å². The first-order valence-corrected chi connectivity index (χ1v) is 7.10. The van der Waals surface area contributed by atoms with Crippen LogP contribution in [-0.4, -0.2) is 16.1 Å². The van der Waals surface area contributed by atoms with Gasteiger partial charge in [-0.2, -0.15) is 5.26 Å². The third kappa shape index (κ3) is 2.85. The first kappa shape index (κ1) is 15.4. The molecule has 0 atom stereocenters. The Balaban J connectivity index is 2.17. The third-order valence-electron chi connectivity index (χ3n) is 3.56. The van der Waals surface area contributed by atoms with Crippen LogP contribution in [-0.2, 0) is 0 Å². The zero-order valence-corrected chi connectivity index (χ0v) is 12.4. The van der Waals surface area contributed by atoms with Gasteiger partial charge in [-0.15, -0.1) is 0 Å². The molecule has 0 aliphatic rings. The molecule has 0 aliphatic carbocycles. The first-order valence-electron chi connectivity index (χ1n) is 7.10. The topological polar surface area (TPSA) is 74.0 Å². The lowest BCUT2D eigenvalue weighted by atomic mass is 10.0. The number of pyridine rings is 1. The van der Waals surface area contributed by atoms with Crippen LogP contribution in [0.1, 0.15) is 15.9 Å². The van der Waals surface area contributed by atoms with E-state index < -0.39 is 11.8 Å². The highest BCUT2D eigenvalue weighted by atomic mass is 19.1. The zero-order chi connectivity index (χ0) is 17.1. The maximum absolute atomic E-state index is 14.3. The van der Waals surface area contributed by atoms with Crippen LogP contribution < -0.4 is 0 Å². The minimum absolute atomic E-state index is 0.0920. The van der Waals surface area contributed by atoms with E-state index in [9.17, 15) is 14.4 Å². The summed E-state index contributed by atoms with van der Waals surface area (Å²) in [6.07, 6.45) is 0. The van der Waals surface area contributed by atoms with Crippen LogP contribution in [0, 0.1) is 17.1 Å². The summed E-state index contributed by atoms with van der Waals surface area (Å²) in [5.41, 5.74) is 1.78. The SMILES string of the molecule is N#Cc1ccc(-c2ccccc2)nc1-c1ccc(C(=O)O)cc1F. The summed E-state index contributed by atoms with van der Waals surface area (Å²) in [6, 6.07) is 18.1. The Morgan fingerprint density at radius 2 is 1.83 bits per heavy atom. The lowest BCUT2D eigenvalue weighted by molar-refractivity contribution is 0.0696. The van der Waals surface area contributed by atoms with Gasteiger partial charge in [-0.05, 0) is 30.3 Å². The lowest BCUT2D eigenvalue weighted by Gasteiger charge is -2.09. The van der Waals surface area contributed by atoms with Crippen molar-refractivity contribution in [3.05, 3.63) is 77.6 Å². The van der Waals surface area contributed by atoms with Gasteiger partial charge in [-0.1, -0.05) is 30.3 Å². The average Bonchev–Trinajstić information content (AvgIpc) is 2.62. The van der Waals surface area contributed by atoms with E-state index >= 15 is 0 Å². The Kier molecular flexibility index (Phi) is 4.04.